The molecule has 1 heterocycles. The van der Waals surface area contributed by atoms with Crippen molar-refractivity contribution in [3.05, 3.63) is 0 Å². The lowest BCUT2D eigenvalue weighted by Gasteiger charge is -2.31. The van der Waals surface area contributed by atoms with E-state index in [1.807, 2.05) is 0 Å². The van der Waals surface area contributed by atoms with Gasteiger partial charge in [0.15, 0.2) is 0 Å². The summed E-state index contributed by atoms with van der Waals surface area (Å²) in [5.74, 6) is 0.780. The molecule has 0 spiro atoms. The molecular weight excluding hydrogens is 148 g/mol. The Kier molecular flexibility index (Phi) is 3.53. The number of hydrogen-bond donors (Lipinski definition) is 2. The van der Waals surface area contributed by atoms with Crippen LogP contribution in [0.3, 0.4) is 0 Å². The van der Waals surface area contributed by atoms with Gasteiger partial charge in [-0.25, -0.2) is 0 Å². The lowest BCUT2D eigenvalue weighted by atomic mass is 9.85. The van der Waals surface area contributed by atoms with Crippen LogP contribution in [0.1, 0.15) is 39.5 Å². The van der Waals surface area contributed by atoms with Gasteiger partial charge in [-0.15, -0.1) is 0 Å². The highest BCUT2D eigenvalue weighted by atomic mass is 15.0. The molecular formula is C10H22N2. The van der Waals surface area contributed by atoms with E-state index in [1.54, 1.807) is 0 Å². The maximum Gasteiger partial charge on any atom is 0.0196 e. The highest BCUT2D eigenvalue weighted by Gasteiger charge is 2.32. The van der Waals surface area contributed by atoms with Gasteiger partial charge in [0, 0.05) is 5.54 Å². The van der Waals surface area contributed by atoms with Crippen molar-refractivity contribution < 1.29 is 0 Å². The Bertz CT molecular complexity index is 126. The topological polar surface area (TPSA) is 38.0 Å². The van der Waals surface area contributed by atoms with Gasteiger partial charge in [-0.2, -0.15) is 0 Å². The minimum atomic E-state index is 0.392. The second-order valence-corrected chi connectivity index (χ2v) is 4.45. The predicted octanol–water partition coefficient (Wildman–Crippen LogP) is 1.50. The van der Waals surface area contributed by atoms with Gasteiger partial charge in [0.25, 0.3) is 0 Å². The number of nitrogens with two attached hydrogens (primary N) is 1. The molecule has 1 aliphatic rings. The van der Waals surface area contributed by atoms with Gasteiger partial charge in [-0.05, 0) is 44.7 Å². The Morgan fingerprint density at radius 1 is 1.50 bits per heavy atom. The molecule has 1 rings (SSSR count). The Morgan fingerprint density at radius 2 is 2.25 bits per heavy atom. The summed E-state index contributed by atoms with van der Waals surface area (Å²) >= 11 is 0. The van der Waals surface area contributed by atoms with E-state index in [1.165, 1.54) is 25.8 Å². The molecule has 1 saturated heterocycles. The highest BCUT2D eigenvalue weighted by molar-refractivity contribution is 4.93. The van der Waals surface area contributed by atoms with Crippen LogP contribution in [0.5, 0.6) is 0 Å². The SMILES string of the molecule is CC(C)CC1(CCN)CCCN1. The summed E-state index contributed by atoms with van der Waals surface area (Å²) in [7, 11) is 0. The molecule has 0 aromatic rings. The monoisotopic (exact) mass is 170 g/mol. The minimum absolute atomic E-state index is 0.392. The molecule has 12 heavy (non-hydrogen) atoms. The second-order valence-electron chi connectivity index (χ2n) is 4.45. The van der Waals surface area contributed by atoms with Crippen LogP contribution in [0.25, 0.3) is 0 Å². The van der Waals surface area contributed by atoms with Crippen LogP contribution in [0.2, 0.25) is 0 Å². The third-order valence-electron chi connectivity index (χ3n) is 2.75. The van der Waals surface area contributed by atoms with Crippen LogP contribution in [-0.2, 0) is 0 Å². The summed E-state index contributed by atoms with van der Waals surface area (Å²) in [5, 5.41) is 3.62. The summed E-state index contributed by atoms with van der Waals surface area (Å²) in [5.41, 5.74) is 6.02. The molecule has 0 amide bonds. The van der Waals surface area contributed by atoms with E-state index in [2.05, 4.69) is 19.2 Å². The first-order valence-electron chi connectivity index (χ1n) is 5.14. The number of hydrogen-bond acceptors (Lipinski definition) is 2. The van der Waals surface area contributed by atoms with Crippen LogP contribution in [0.15, 0.2) is 0 Å². The first kappa shape index (κ1) is 10.0. The van der Waals surface area contributed by atoms with Crippen molar-refractivity contribution in [1.29, 1.82) is 0 Å². The van der Waals surface area contributed by atoms with E-state index in [0.29, 0.717) is 5.54 Å². The van der Waals surface area contributed by atoms with Gasteiger partial charge >= 0.3 is 0 Å². The first-order chi connectivity index (χ1) is 5.68. The quantitative estimate of drug-likeness (QED) is 0.671. The fraction of sp³-hybridized carbons (Fsp3) is 1.00. The van der Waals surface area contributed by atoms with E-state index in [9.17, 15) is 0 Å². The summed E-state index contributed by atoms with van der Waals surface area (Å²) in [6.07, 6.45) is 5.07. The van der Waals surface area contributed by atoms with Crippen molar-refractivity contribution in [2.75, 3.05) is 13.1 Å². The molecule has 0 aliphatic carbocycles. The lowest BCUT2D eigenvalue weighted by molar-refractivity contribution is 0.288. The average molecular weight is 170 g/mol. The molecule has 3 N–H and O–H groups in total. The van der Waals surface area contributed by atoms with Gasteiger partial charge in [-0.3, -0.25) is 0 Å². The van der Waals surface area contributed by atoms with Gasteiger partial charge in [0.1, 0.15) is 0 Å². The lowest BCUT2D eigenvalue weighted by Crippen LogP contribution is -2.42. The fourth-order valence-electron chi connectivity index (χ4n) is 2.42. The largest absolute Gasteiger partial charge is 0.330 e. The van der Waals surface area contributed by atoms with Crippen molar-refractivity contribution in [2.45, 2.75) is 45.1 Å². The van der Waals surface area contributed by atoms with Crippen molar-refractivity contribution in [1.82, 2.24) is 5.32 Å². The van der Waals surface area contributed by atoms with E-state index >= 15 is 0 Å². The zero-order chi connectivity index (χ0) is 9.03. The van der Waals surface area contributed by atoms with Crippen molar-refractivity contribution >= 4 is 0 Å². The molecule has 1 aliphatic heterocycles. The Balaban J connectivity index is 2.46. The van der Waals surface area contributed by atoms with Crippen molar-refractivity contribution in [3.63, 3.8) is 0 Å². The molecule has 72 valence electrons. The molecule has 0 aromatic heterocycles. The van der Waals surface area contributed by atoms with Crippen LogP contribution in [-0.4, -0.2) is 18.6 Å². The van der Waals surface area contributed by atoms with E-state index in [0.717, 1.165) is 18.9 Å². The van der Waals surface area contributed by atoms with Crippen LogP contribution in [0, 0.1) is 5.92 Å². The molecule has 1 fully saturated rings. The van der Waals surface area contributed by atoms with E-state index in [4.69, 9.17) is 5.73 Å². The third-order valence-corrected chi connectivity index (χ3v) is 2.75. The fourth-order valence-corrected chi connectivity index (χ4v) is 2.42. The van der Waals surface area contributed by atoms with E-state index in [-0.39, 0.29) is 0 Å². The summed E-state index contributed by atoms with van der Waals surface area (Å²) in [6.45, 7) is 6.59. The Morgan fingerprint density at radius 3 is 2.67 bits per heavy atom. The van der Waals surface area contributed by atoms with Crippen LogP contribution in [0.4, 0.5) is 0 Å². The summed E-state index contributed by atoms with van der Waals surface area (Å²) < 4.78 is 0. The molecule has 0 saturated carbocycles. The molecule has 0 aromatic carbocycles. The zero-order valence-corrected chi connectivity index (χ0v) is 8.40. The van der Waals surface area contributed by atoms with Gasteiger partial charge < -0.3 is 11.1 Å². The standard InChI is InChI=1S/C10H22N2/c1-9(2)8-10(5-6-11)4-3-7-12-10/h9,12H,3-8,11H2,1-2H3. The smallest absolute Gasteiger partial charge is 0.0196 e. The third kappa shape index (κ3) is 2.46. The molecule has 0 radical (unpaired) electrons. The average Bonchev–Trinajstić information content (AvgIpc) is 2.36. The minimum Gasteiger partial charge on any atom is -0.330 e. The van der Waals surface area contributed by atoms with Crippen LogP contribution < -0.4 is 11.1 Å². The predicted molar refractivity (Wildman–Crippen MR) is 53.1 cm³/mol. The molecule has 1 atom stereocenters. The van der Waals surface area contributed by atoms with Gasteiger partial charge in [0.05, 0.1) is 0 Å². The Labute approximate surface area is 75.9 Å². The summed E-state index contributed by atoms with van der Waals surface area (Å²) in [6, 6.07) is 0. The van der Waals surface area contributed by atoms with Gasteiger partial charge in [-0.1, -0.05) is 13.8 Å². The zero-order valence-electron chi connectivity index (χ0n) is 8.40. The maximum absolute atomic E-state index is 5.63. The molecule has 2 heteroatoms. The second kappa shape index (κ2) is 4.24. The number of rotatable bonds is 4. The van der Waals surface area contributed by atoms with Crippen molar-refractivity contribution in [2.24, 2.45) is 11.7 Å². The molecule has 0 bridgehead atoms. The first-order valence-corrected chi connectivity index (χ1v) is 5.14. The normalized spacial score (nSPS) is 30.0. The van der Waals surface area contributed by atoms with Crippen LogP contribution >= 0.6 is 0 Å². The number of nitrogens with one attached hydrogen (secondary N) is 1. The van der Waals surface area contributed by atoms with E-state index < -0.39 is 0 Å². The highest BCUT2D eigenvalue weighted by Crippen LogP contribution is 2.29. The summed E-state index contributed by atoms with van der Waals surface area (Å²) in [4.78, 5) is 0. The Hall–Kier alpha value is -0.0800. The van der Waals surface area contributed by atoms with Crippen molar-refractivity contribution in [3.8, 4) is 0 Å². The maximum atomic E-state index is 5.63. The van der Waals surface area contributed by atoms with Gasteiger partial charge in [0.2, 0.25) is 0 Å². The molecule has 2 nitrogen and oxygen atoms in total. The molecule has 1 unspecified atom stereocenters.